The monoisotopic (exact) mass is 324 g/mol. The molecule has 1 N–H and O–H groups in total. The van der Waals surface area contributed by atoms with Crippen molar-refractivity contribution in [3.8, 4) is 0 Å². The number of hydrogen-bond donors (Lipinski definition) is 1. The molecule has 6 nitrogen and oxygen atoms in total. The van der Waals surface area contributed by atoms with E-state index in [1.165, 1.54) is 18.3 Å². The van der Waals surface area contributed by atoms with Crippen molar-refractivity contribution in [3.63, 3.8) is 0 Å². The summed E-state index contributed by atoms with van der Waals surface area (Å²) in [6.07, 6.45) is -3.59. The number of carboxylic acids is 1. The number of carboxylic acid groups (broad SMARTS) is 1. The van der Waals surface area contributed by atoms with E-state index in [9.17, 15) is 26.4 Å². The first kappa shape index (κ1) is 15.7. The van der Waals surface area contributed by atoms with Crippen LogP contribution in [0, 0.1) is 11.8 Å². The van der Waals surface area contributed by atoms with Crippen LogP contribution in [0.1, 0.15) is 0 Å². The molecule has 0 saturated carbocycles. The summed E-state index contributed by atoms with van der Waals surface area (Å²) in [6, 6.07) is 3.99. The number of aromatic nitrogens is 1. The quantitative estimate of drug-likeness (QED) is 0.895. The maximum atomic E-state index is 12.8. The highest BCUT2D eigenvalue weighted by atomic mass is 32.2. The van der Waals surface area contributed by atoms with Crippen LogP contribution in [-0.2, 0) is 14.8 Å². The molecule has 116 valence electrons. The zero-order chi connectivity index (χ0) is 15.8. The van der Waals surface area contributed by atoms with Crippen LogP contribution in [0.5, 0.6) is 0 Å². The lowest BCUT2D eigenvalue weighted by atomic mass is 9.96. The number of nitrogens with zero attached hydrogens (tertiary/aromatic N) is 2. The fraction of sp³-hybridized carbons (Fsp3) is 0.455. The fourth-order valence-corrected chi connectivity index (χ4v) is 3.60. The molecule has 0 aliphatic carbocycles. The second-order valence-corrected chi connectivity index (χ2v) is 6.47. The van der Waals surface area contributed by atoms with Crippen LogP contribution >= 0.6 is 0 Å². The molecule has 1 fully saturated rings. The summed E-state index contributed by atoms with van der Waals surface area (Å²) >= 11 is 0. The van der Waals surface area contributed by atoms with Crippen LogP contribution in [0.15, 0.2) is 29.4 Å². The van der Waals surface area contributed by atoms with Crippen LogP contribution in [0.25, 0.3) is 0 Å². The van der Waals surface area contributed by atoms with Gasteiger partial charge in [0.25, 0.3) is 10.0 Å². The van der Waals surface area contributed by atoms with E-state index in [2.05, 4.69) is 4.98 Å². The Kier molecular flexibility index (Phi) is 3.93. The molecule has 2 heterocycles. The number of halogens is 3. The van der Waals surface area contributed by atoms with Gasteiger partial charge in [0.2, 0.25) is 0 Å². The summed E-state index contributed by atoms with van der Waals surface area (Å²) in [4.78, 5) is 14.5. The Morgan fingerprint density at radius 1 is 1.33 bits per heavy atom. The molecule has 0 radical (unpaired) electrons. The zero-order valence-electron chi connectivity index (χ0n) is 10.5. The Labute approximate surface area is 118 Å². The summed E-state index contributed by atoms with van der Waals surface area (Å²) < 4.78 is 63.4. The van der Waals surface area contributed by atoms with E-state index >= 15 is 0 Å². The van der Waals surface area contributed by atoms with Crippen molar-refractivity contribution in [1.82, 2.24) is 9.29 Å². The molecule has 1 saturated heterocycles. The largest absolute Gasteiger partial charge is 0.481 e. The van der Waals surface area contributed by atoms with Crippen LogP contribution in [0.4, 0.5) is 13.2 Å². The summed E-state index contributed by atoms with van der Waals surface area (Å²) in [5.41, 5.74) is 0. The van der Waals surface area contributed by atoms with Crippen molar-refractivity contribution in [2.24, 2.45) is 11.8 Å². The second-order valence-electron chi connectivity index (χ2n) is 4.58. The average Bonchev–Trinajstić information content (AvgIpc) is 2.85. The molecule has 1 aliphatic rings. The van der Waals surface area contributed by atoms with Gasteiger partial charge < -0.3 is 5.11 Å². The van der Waals surface area contributed by atoms with Crippen LogP contribution < -0.4 is 0 Å². The highest BCUT2D eigenvalue weighted by molar-refractivity contribution is 7.89. The van der Waals surface area contributed by atoms with Crippen molar-refractivity contribution >= 4 is 16.0 Å². The Balaban J connectivity index is 2.33. The number of hydrogen-bond acceptors (Lipinski definition) is 4. The summed E-state index contributed by atoms with van der Waals surface area (Å²) in [5.74, 6) is -5.71. The Morgan fingerprint density at radius 2 is 2.00 bits per heavy atom. The number of pyridine rings is 1. The first-order valence-electron chi connectivity index (χ1n) is 5.84. The number of rotatable bonds is 3. The van der Waals surface area contributed by atoms with Crippen LogP contribution in [0.2, 0.25) is 0 Å². The molecule has 0 unspecified atom stereocenters. The van der Waals surface area contributed by atoms with Gasteiger partial charge >= 0.3 is 12.1 Å². The molecular weight excluding hydrogens is 313 g/mol. The Hall–Kier alpha value is -1.68. The van der Waals surface area contributed by atoms with Crippen molar-refractivity contribution in [3.05, 3.63) is 24.4 Å². The third kappa shape index (κ3) is 3.00. The fourth-order valence-electron chi connectivity index (χ4n) is 2.18. The van der Waals surface area contributed by atoms with Crippen molar-refractivity contribution in [1.29, 1.82) is 0 Å². The third-order valence-electron chi connectivity index (χ3n) is 3.27. The summed E-state index contributed by atoms with van der Waals surface area (Å²) in [6.45, 7) is -1.64. The predicted molar refractivity (Wildman–Crippen MR) is 63.7 cm³/mol. The Bertz CT molecular complexity index is 633. The van der Waals surface area contributed by atoms with Gasteiger partial charge in [-0.1, -0.05) is 6.07 Å². The summed E-state index contributed by atoms with van der Waals surface area (Å²) in [7, 11) is -4.24. The van der Waals surface area contributed by atoms with Crippen LogP contribution in [0.3, 0.4) is 0 Å². The molecule has 0 aromatic carbocycles. The first-order chi connectivity index (χ1) is 9.64. The number of alkyl halides is 3. The van der Waals surface area contributed by atoms with E-state index < -0.39 is 52.1 Å². The molecule has 0 bridgehead atoms. The first-order valence-corrected chi connectivity index (χ1v) is 7.28. The van der Waals surface area contributed by atoms with Gasteiger partial charge in [-0.2, -0.15) is 17.5 Å². The van der Waals surface area contributed by atoms with E-state index in [-0.39, 0.29) is 0 Å². The minimum atomic E-state index is -4.78. The molecule has 0 spiro atoms. The van der Waals surface area contributed by atoms with E-state index in [1.807, 2.05) is 0 Å². The zero-order valence-corrected chi connectivity index (χ0v) is 11.3. The number of carbonyl (C=O) groups is 1. The standard InChI is InChI=1S/C11H11F3N2O4S/c12-11(13,14)8-6-16(5-7(8)10(17)18)21(19,20)9-3-1-2-4-15-9/h1-4,7-8H,5-6H2,(H,17,18)/t7-,8-/m1/s1. The molecule has 2 rings (SSSR count). The lowest BCUT2D eigenvalue weighted by Gasteiger charge is -2.18. The highest BCUT2D eigenvalue weighted by Gasteiger charge is 2.55. The van der Waals surface area contributed by atoms with E-state index in [1.54, 1.807) is 0 Å². The molecule has 10 heteroatoms. The average molecular weight is 324 g/mol. The highest BCUT2D eigenvalue weighted by Crippen LogP contribution is 2.39. The maximum Gasteiger partial charge on any atom is 0.393 e. The smallest absolute Gasteiger partial charge is 0.393 e. The van der Waals surface area contributed by atoms with Gasteiger partial charge in [-0.15, -0.1) is 0 Å². The van der Waals surface area contributed by atoms with Gasteiger partial charge in [0.15, 0.2) is 5.03 Å². The lowest BCUT2D eigenvalue weighted by molar-refractivity contribution is -0.187. The van der Waals surface area contributed by atoms with Crippen molar-refractivity contribution in [2.45, 2.75) is 11.2 Å². The second kappa shape index (κ2) is 5.26. The predicted octanol–water partition coefficient (Wildman–Crippen LogP) is 0.965. The molecule has 0 amide bonds. The molecular formula is C11H11F3N2O4S. The minimum Gasteiger partial charge on any atom is -0.481 e. The molecule has 21 heavy (non-hydrogen) atoms. The Morgan fingerprint density at radius 3 is 2.43 bits per heavy atom. The van der Waals surface area contributed by atoms with Gasteiger partial charge in [-0.3, -0.25) is 4.79 Å². The topological polar surface area (TPSA) is 87.6 Å². The maximum absolute atomic E-state index is 12.8. The van der Waals surface area contributed by atoms with E-state index in [0.29, 0.717) is 4.31 Å². The van der Waals surface area contributed by atoms with Crippen molar-refractivity contribution < 1.29 is 31.5 Å². The number of aliphatic carboxylic acids is 1. The summed E-state index contributed by atoms with van der Waals surface area (Å²) in [5, 5.41) is 8.46. The number of sulfonamides is 1. The minimum absolute atomic E-state index is 0.406. The lowest BCUT2D eigenvalue weighted by Crippen LogP contribution is -2.34. The van der Waals surface area contributed by atoms with E-state index in [0.717, 1.165) is 6.07 Å². The molecule has 1 aliphatic heterocycles. The van der Waals surface area contributed by atoms with Crippen LogP contribution in [-0.4, -0.2) is 48.0 Å². The molecule has 1 aromatic heterocycles. The molecule has 1 aromatic rings. The third-order valence-corrected chi connectivity index (χ3v) is 5.01. The van der Waals surface area contributed by atoms with Crippen molar-refractivity contribution in [2.75, 3.05) is 13.1 Å². The van der Waals surface area contributed by atoms with E-state index in [4.69, 9.17) is 5.11 Å². The normalized spacial score (nSPS) is 24.1. The van der Waals surface area contributed by atoms with Gasteiger partial charge in [-0.25, -0.2) is 13.4 Å². The van der Waals surface area contributed by atoms with Gasteiger partial charge in [0.1, 0.15) is 0 Å². The van der Waals surface area contributed by atoms with Gasteiger partial charge in [-0.05, 0) is 12.1 Å². The van der Waals surface area contributed by atoms with Gasteiger partial charge in [0, 0.05) is 19.3 Å². The van der Waals surface area contributed by atoms with Gasteiger partial charge in [0.05, 0.1) is 11.8 Å². The molecule has 2 atom stereocenters. The SMILES string of the molecule is O=C(O)[C@@H]1CN(S(=O)(=O)c2ccccn2)C[C@H]1C(F)(F)F.